The van der Waals surface area contributed by atoms with E-state index >= 15 is 0 Å². The second-order valence-corrected chi connectivity index (χ2v) is 4.98. The molecule has 3 rings (SSSR count). The number of aromatic nitrogens is 3. The highest BCUT2D eigenvalue weighted by Gasteiger charge is 2.20. The first kappa shape index (κ1) is 13.8. The number of hydrogen-bond donors (Lipinski definition) is 1. The van der Waals surface area contributed by atoms with E-state index in [-0.39, 0.29) is 6.04 Å². The minimum atomic E-state index is 0.0588. The summed E-state index contributed by atoms with van der Waals surface area (Å²) in [4.78, 5) is 4.65. The van der Waals surface area contributed by atoms with Gasteiger partial charge in [0.2, 0.25) is 0 Å². The Morgan fingerprint density at radius 1 is 1.10 bits per heavy atom. The highest BCUT2D eigenvalue weighted by molar-refractivity contribution is 5.85. The second-order valence-electron chi connectivity index (χ2n) is 4.98. The van der Waals surface area contributed by atoms with E-state index in [2.05, 4.69) is 65.6 Å². The maximum atomic E-state index is 4.65. The summed E-state index contributed by atoms with van der Waals surface area (Å²) < 4.78 is 2.02. The van der Waals surface area contributed by atoms with E-state index in [1.54, 1.807) is 0 Å². The van der Waals surface area contributed by atoms with Crippen LogP contribution in [0.1, 0.15) is 31.3 Å². The lowest BCUT2D eigenvalue weighted by Gasteiger charge is -2.20. The van der Waals surface area contributed by atoms with E-state index in [4.69, 9.17) is 0 Å². The fourth-order valence-electron chi connectivity index (χ4n) is 2.77. The number of benzene rings is 1. The highest BCUT2D eigenvalue weighted by Crippen LogP contribution is 2.27. The fourth-order valence-corrected chi connectivity index (χ4v) is 2.77. The van der Waals surface area contributed by atoms with Crippen LogP contribution in [0.2, 0.25) is 0 Å². The molecule has 21 heavy (non-hydrogen) atoms. The molecule has 1 aromatic carbocycles. The zero-order chi connectivity index (χ0) is 14.7. The number of aryl methyl sites for hydroxylation is 1. The Hall–Kier alpha value is -2.20. The van der Waals surface area contributed by atoms with Gasteiger partial charge >= 0.3 is 0 Å². The van der Waals surface area contributed by atoms with Crippen LogP contribution in [0.15, 0.2) is 48.8 Å². The van der Waals surface area contributed by atoms with E-state index in [0.717, 1.165) is 24.5 Å². The van der Waals surface area contributed by atoms with Crippen LogP contribution in [0.3, 0.4) is 0 Å². The maximum absolute atomic E-state index is 4.65. The largest absolute Gasteiger partial charge is 0.304 e. The van der Waals surface area contributed by atoms with Gasteiger partial charge in [-0.05, 0) is 31.0 Å². The van der Waals surface area contributed by atoms with E-state index in [0.29, 0.717) is 0 Å². The Kier molecular flexibility index (Phi) is 3.97. The summed E-state index contributed by atoms with van der Waals surface area (Å²) in [7, 11) is 0. The predicted molar refractivity (Wildman–Crippen MR) is 85.2 cm³/mol. The summed E-state index contributed by atoms with van der Waals surface area (Å²) in [5.74, 6) is 0. The summed E-state index contributed by atoms with van der Waals surface area (Å²) in [6, 6.07) is 12.6. The van der Waals surface area contributed by atoms with Crippen LogP contribution in [0.25, 0.3) is 10.8 Å². The van der Waals surface area contributed by atoms with Gasteiger partial charge in [0.1, 0.15) is 0 Å². The summed E-state index contributed by atoms with van der Waals surface area (Å²) in [5.41, 5.74) is 2.22. The van der Waals surface area contributed by atoms with Crippen molar-refractivity contribution >= 4 is 10.8 Å². The Labute approximate surface area is 124 Å². The molecule has 1 atom stereocenters. The molecule has 3 aromatic rings. The van der Waals surface area contributed by atoms with Crippen molar-refractivity contribution in [1.29, 1.82) is 0 Å². The van der Waals surface area contributed by atoms with Crippen molar-refractivity contribution < 1.29 is 0 Å². The Bertz CT molecular complexity index is 727. The molecule has 0 saturated carbocycles. The van der Waals surface area contributed by atoms with Gasteiger partial charge in [0, 0.05) is 24.3 Å². The van der Waals surface area contributed by atoms with Crippen LogP contribution in [-0.2, 0) is 6.54 Å². The molecule has 0 aliphatic heterocycles. The van der Waals surface area contributed by atoms with Gasteiger partial charge in [-0.3, -0.25) is 9.67 Å². The number of nitrogens with one attached hydrogen (secondary N) is 1. The van der Waals surface area contributed by atoms with Crippen LogP contribution < -0.4 is 5.32 Å². The third kappa shape index (κ3) is 2.54. The molecular formula is C17H20N4. The first-order chi connectivity index (χ1) is 10.3. The monoisotopic (exact) mass is 280 g/mol. The Morgan fingerprint density at radius 2 is 1.95 bits per heavy atom. The minimum Gasteiger partial charge on any atom is -0.304 e. The number of pyridine rings is 1. The van der Waals surface area contributed by atoms with Crippen LogP contribution in [-0.4, -0.2) is 21.3 Å². The second kappa shape index (κ2) is 6.06. The molecule has 4 nitrogen and oxygen atoms in total. The van der Waals surface area contributed by atoms with Crippen molar-refractivity contribution in [3.63, 3.8) is 0 Å². The van der Waals surface area contributed by atoms with Crippen molar-refractivity contribution in [1.82, 2.24) is 20.1 Å². The fraction of sp³-hybridized carbons (Fsp3) is 0.294. The minimum absolute atomic E-state index is 0.0588. The van der Waals surface area contributed by atoms with Crippen LogP contribution >= 0.6 is 0 Å². The summed E-state index contributed by atoms with van der Waals surface area (Å²) >= 11 is 0. The topological polar surface area (TPSA) is 42.7 Å². The SMILES string of the molecule is CCNC(c1nccc2ccccc12)c1ccnn1CC. The van der Waals surface area contributed by atoms with Gasteiger partial charge in [0.15, 0.2) is 0 Å². The first-order valence-corrected chi connectivity index (χ1v) is 7.43. The van der Waals surface area contributed by atoms with Gasteiger partial charge in [-0.15, -0.1) is 0 Å². The lowest BCUT2D eigenvalue weighted by atomic mass is 10.0. The molecule has 4 heteroatoms. The standard InChI is InChI=1S/C17H20N4/c1-3-18-17(15-10-12-20-21(15)4-2)16-14-8-6-5-7-13(14)9-11-19-16/h5-12,17-18H,3-4H2,1-2H3. The third-order valence-electron chi connectivity index (χ3n) is 3.73. The van der Waals surface area contributed by atoms with Crippen molar-refractivity contribution in [3.8, 4) is 0 Å². The summed E-state index contributed by atoms with van der Waals surface area (Å²) in [5, 5.41) is 10.3. The molecule has 0 bridgehead atoms. The smallest absolute Gasteiger partial charge is 0.0928 e. The molecule has 0 amide bonds. The van der Waals surface area contributed by atoms with E-state index in [1.807, 2.05) is 17.1 Å². The van der Waals surface area contributed by atoms with Crippen molar-refractivity contribution in [2.24, 2.45) is 0 Å². The lowest BCUT2D eigenvalue weighted by Crippen LogP contribution is -2.25. The Balaban J connectivity index is 2.16. The number of nitrogens with zero attached hydrogens (tertiary/aromatic N) is 3. The Morgan fingerprint density at radius 3 is 2.76 bits per heavy atom. The zero-order valence-corrected chi connectivity index (χ0v) is 12.5. The van der Waals surface area contributed by atoms with Gasteiger partial charge in [-0.25, -0.2) is 0 Å². The normalized spacial score (nSPS) is 12.7. The molecule has 0 fully saturated rings. The third-order valence-corrected chi connectivity index (χ3v) is 3.73. The van der Waals surface area contributed by atoms with Crippen molar-refractivity contribution in [3.05, 3.63) is 60.2 Å². The maximum Gasteiger partial charge on any atom is 0.0928 e. The first-order valence-electron chi connectivity index (χ1n) is 7.43. The van der Waals surface area contributed by atoms with Crippen LogP contribution in [0, 0.1) is 0 Å². The molecule has 0 radical (unpaired) electrons. The molecule has 1 unspecified atom stereocenters. The quantitative estimate of drug-likeness (QED) is 0.780. The molecule has 108 valence electrons. The summed E-state index contributed by atoms with van der Waals surface area (Å²) in [6.07, 6.45) is 3.74. The van der Waals surface area contributed by atoms with Crippen molar-refractivity contribution in [2.75, 3.05) is 6.54 Å². The number of hydrogen-bond acceptors (Lipinski definition) is 3. The van der Waals surface area contributed by atoms with Gasteiger partial charge in [0.25, 0.3) is 0 Å². The molecule has 0 aliphatic rings. The molecule has 1 N–H and O–H groups in total. The van der Waals surface area contributed by atoms with Gasteiger partial charge in [-0.1, -0.05) is 31.2 Å². The average molecular weight is 280 g/mol. The lowest BCUT2D eigenvalue weighted by molar-refractivity contribution is 0.537. The molecular weight excluding hydrogens is 260 g/mol. The molecule has 2 heterocycles. The molecule has 2 aromatic heterocycles. The van der Waals surface area contributed by atoms with Crippen LogP contribution in [0.4, 0.5) is 0 Å². The average Bonchev–Trinajstić information content (AvgIpc) is 3.00. The molecule has 0 saturated heterocycles. The van der Waals surface area contributed by atoms with E-state index in [1.165, 1.54) is 10.8 Å². The number of rotatable bonds is 5. The summed E-state index contributed by atoms with van der Waals surface area (Å²) in [6.45, 7) is 5.96. The van der Waals surface area contributed by atoms with Gasteiger partial charge in [-0.2, -0.15) is 5.10 Å². The number of fused-ring (bicyclic) bond motifs is 1. The van der Waals surface area contributed by atoms with E-state index < -0.39 is 0 Å². The van der Waals surface area contributed by atoms with E-state index in [9.17, 15) is 0 Å². The van der Waals surface area contributed by atoms with Crippen LogP contribution in [0.5, 0.6) is 0 Å². The molecule has 0 spiro atoms. The van der Waals surface area contributed by atoms with Gasteiger partial charge in [0.05, 0.1) is 17.4 Å². The zero-order valence-electron chi connectivity index (χ0n) is 12.5. The van der Waals surface area contributed by atoms with Gasteiger partial charge < -0.3 is 5.32 Å². The molecule has 0 aliphatic carbocycles. The highest BCUT2D eigenvalue weighted by atomic mass is 15.3. The predicted octanol–water partition coefficient (Wildman–Crippen LogP) is 3.15. The van der Waals surface area contributed by atoms with Crippen molar-refractivity contribution in [2.45, 2.75) is 26.4 Å².